The van der Waals surface area contributed by atoms with Gasteiger partial charge < -0.3 is 0 Å². The van der Waals surface area contributed by atoms with Gasteiger partial charge in [-0.3, -0.25) is 0 Å². The standard InChI is InChI=1S/C21H44/c1-5-9-10-11-12-13-14-15-16-18-21(8-4)19-20(7-3)17-6-2/h20-21H,5-19H2,1-4H3. The van der Waals surface area contributed by atoms with Crippen LogP contribution in [-0.2, 0) is 0 Å². The van der Waals surface area contributed by atoms with Gasteiger partial charge in [0.05, 0.1) is 0 Å². The molecule has 0 aliphatic heterocycles. The number of hydrogen-bond donors (Lipinski definition) is 0. The number of unbranched alkanes of at least 4 members (excludes halogenated alkanes) is 8. The highest BCUT2D eigenvalue weighted by Gasteiger charge is 2.13. The Bertz CT molecular complexity index is 184. The summed E-state index contributed by atoms with van der Waals surface area (Å²) in [6, 6.07) is 0. The highest BCUT2D eigenvalue weighted by molar-refractivity contribution is 4.65. The highest BCUT2D eigenvalue weighted by Crippen LogP contribution is 2.26. The van der Waals surface area contributed by atoms with E-state index in [0.717, 1.165) is 11.8 Å². The lowest BCUT2D eigenvalue weighted by molar-refractivity contribution is 0.312. The van der Waals surface area contributed by atoms with Crippen LogP contribution in [0.2, 0.25) is 0 Å². The Morgan fingerprint density at radius 1 is 0.476 bits per heavy atom. The zero-order chi connectivity index (χ0) is 15.8. The molecule has 0 heteroatoms. The average molecular weight is 297 g/mol. The number of hydrogen-bond acceptors (Lipinski definition) is 0. The van der Waals surface area contributed by atoms with Crippen LogP contribution in [-0.4, -0.2) is 0 Å². The van der Waals surface area contributed by atoms with Gasteiger partial charge in [0.1, 0.15) is 0 Å². The summed E-state index contributed by atoms with van der Waals surface area (Å²) >= 11 is 0. The molecule has 0 aromatic heterocycles. The van der Waals surface area contributed by atoms with Crippen molar-refractivity contribution in [2.45, 2.75) is 124 Å². The van der Waals surface area contributed by atoms with Crippen LogP contribution in [0.5, 0.6) is 0 Å². The summed E-state index contributed by atoms with van der Waals surface area (Å²) in [5, 5.41) is 0. The third kappa shape index (κ3) is 13.4. The zero-order valence-corrected chi connectivity index (χ0v) is 15.8. The van der Waals surface area contributed by atoms with E-state index in [1.807, 2.05) is 0 Å². The lowest BCUT2D eigenvalue weighted by Crippen LogP contribution is -2.08. The van der Waals surface area contributed by atoms with Crippen molar-refractivity contribution in [1.82, 2.24) is 0 Å². The molecular weight excluding hydrogens is 252 g/mol. The first kappa shape index (κ1) is 21.0. The van der Waals surface area contributed by atoms with E-state index in [9.17, 15) is 0 Å². The molecule has 128 valence electrons. The van der Waals surface area contributed by atoms with Gasteiger partial charge >= 0.3 is 0 Å². The largest absolute Gasteiger partial charge is 0.0654 e. The molecule has 0 aromatic rings. The molecule has 0 amide bonds. The lowest BCUT2D eigenvalue weighted by Gasteiger charge is -2.21. The molecular formula is C21H44. The minimum absolute atomic E-state index is 0.999. The third-order valence-electron chi connectivity index (χ3n) is 5.23. The quantitative estimate of drug-likeness (QED) is 0.252. The van der Waals surface area contributed by atoms with Crippen molar-refractivity contribution < 1.29 is 0 Å². The van der Waals surface area contributed by atoms with Crippen LogP contribution in [0.4, 0.5) is 0 Å². The van der Waals surface area contributed by atoms with Crippen molar-refractivity contribution in [3.63, 3.8) is 0 Å². The molecule has 0 spiro atoms. The first-order valence-corrected chi connectivity index (χ1v) is 10.3. The maximum atomic E-state index is 2.40. The molecule has 0 radical (unpaired) electrons. The summed E-state index contributed by atoms with van der Waals surface area (Å²) in [5.74, 6) is 2.00. The van der Waals surface area contributed by atoms with Gasteiger partial charge in [0.2, 0.25) is 0 Å². The maximum Gasteiger partial charge on any atom is -0.0414 e. The normalized spacial score (nSPS) is 14.3. The van der Waals surface area contributed by atoms with Crippen LogP contribution < -0.4 is 0 Å². The van der Waals surface area contributed by atoms with E-state index in [-0.39, 0.29) is 0 Å². The molecule has 0 saturated heterocycles. The van der Waals surface area contributed by atoms with Crippen molar-refractivity contribution >= 4 is 0 Å². The van der Waals surface area contributed by atoms with Crippen LogP contribution in [0.15, 0.2) is 0 Å². The minimum atomic E-state index is 0.999. The number of rotatable bonds is 16. The second-order valence-corrected chi connectivity index (χ2v) is 7.19. The third-order valence-corrected chi connectivity index (χ3v) is 5.23. The molecule has 0 rings (SSSR count). The summed E-state index contributed by atoms with van der Waals surface area (Å²) < 4.78 is 0. The summed E-state index contributed by atoms with van der Waals surface area (Å²) in [6.45, 7) is 9.42. The van der Waals surface area contributed by atoms with Crippen LogP contribution in [0.3, 0.4) is 0 Å². The fourth-order valence-electron chi connectivity index (χ4n) is 3.60. The average Bonchev–Trinajstić information content (AvgIpc) is 2.51. The van der Waals surface area contributed by atoms with Gasteiger partial charge in [-0.1, -0.05) is 118 Å². The molecule has 0 aliphatic rings. The lowest BCUT2D eigenvalue weighted by atomic mass is 9.85. The Balaban J connectivity index is 3.50. The van der Waals surface area contributed by atoms with Gasteiger partial charge in [0, 0.05) is 0 Å². The monoisotopic (exact) mass is 296 g/mol. The molecule has 0 fully saturated rings. The molecule has 0 N–H and O–H groups in total. The van der Waals surface area contributed by atoms with Gasteiger partial charge in [-0.25, -0.2) is 0 Å². The zero-order valence-electron chi connectivity index (χ0n) is 15.8. The SMILES string of the molecule is CCCCCCCCCCCC(CC)CC(CC)CCC. The first-order chi connectivity index (χ1) is 10.3. The molecule has 0 aliphatic carbocycles. The minimum Gasteiger partial charge on any atom is -0.0654 e. The predicted molar refractivity (Wildman–Crippen MR) is 98.9 cm³/mol. The van der Waals surface area contributed by atoms with E-state index < -0.39 is 0 Å². The molecule has 0 saturated carbocycles. The Morgan fingerprint density at radius 2 is 0.952 bits per heavy atom. The Kier molecular flexibility index (Phi) is 16.4. The van der Waals surface area contributed by atoms with E-state index in [1.54, 1.807) is 0 Å². The van der Waals surface area contributed by atoms with Crippen molar-refractivity contribution in [1.29, 1.82) is 0 Å². The highest BCUT2D eigenvalue weighted by atomic mass is 14.2. The molecule has 0 heterocycles. The van der Waals surface area contributed by atoms with E-state index in [4.69, 9.17) is 0 Å². The fraction of sp³-hybridized carbons (Fsp3) is 1.00. The second-order valence-electron chi connectivity index (χ2n) is 7.19. The van der Waals surface area contributed by atoms with Crippen molar-refractivity contribution in [2.75, 3.05) is 0 Å². The van der Waals surface area contributed by atoms with Gasteiger partial charge in [-0.15, -0.1) is 0 Å². The van der Waals surface area contributed by atoms with E-state index >= 15 is 0 Å². The van der Waals surface area contributed by atoms with E-state index in [1.165, 1.54) is 96.3 Å². The summed E-state index contributed by atoms with van der Waals surface area (Å²) in [7, 11) is 0. The topological polar surface area (TPSA) is 0 Å². The van der Waals surface area contributed by atoms with Crippen molar-refractivity contribution in [3.8, 4) is 0 Å². The van der Waals surface area contributed by atoms with E-state index in [0.29, 0.717) is 0 Å². The smallest absolute Gasteiger partial charge is 0.0414 e. The van der Waals surface area contributed by atoms with Crippen LogP contribution in [0, 0.1) is 11.8 Å². The van der Waals surface area contributed by atoms with Gasteiger partial charge in [-0.05, 0) is 18.3 Å². The molecule has 2 unspecified atom stereocenters. The molecule has 0 bridgehead atoms. The van der Waals surface area contributed by atoms with E-state index in [2.05, 4.69) is 27.7 Å². The van der Waals surface area contributed by atoms with Crippen molar-refractivity contribution in [3.05, 3.63) is 0 Å². The summed E-state index contributed by atoms with van der Waals surface area (Å²) in [6.07, 6.45) is 21.7. The predicted octanol–water partition coefficient (Wildman–Crippen LogP) is 8.15. The summed E-state index contributed by atoms with van der Waals surface area (Å²) in [5.41, 5.74) is 0. The molecule has 0 nitrogen and oxygen atoms in total. The first-order valence-electron chi connectivity index (χ1n) is 10.3. The molecule has 21 heavy (non-hydrogen) atoms. The Hall–Kier alpha value is 0. The molecule has 2 atom stereocenters. The van der Waals surface area contributed by atoms with Gasteiger partial charge in [-0.2, -0.15) is 0 Å². The second kappa shape index (κ2) is 16.4. The van der Waals surface area contributed by atoms with Crippen LogP contribution in [0.25, 0.3) is 0 Å². The maximum absolute atomic E-state index is 2.40. The fourth-order valence-corrected chi connectivity index (χ4v) is 3.60. The Labute approximate surface area is 136 Å². The molecule has 0 aromatic carbocycles. The van der Waals surface area contributed by atoms with Crippen LogP contribution >= 0.6 is 0 Å². The van der Waals surface area contributed by atoms with Gasteiger partial charge in [0.15, 0.2) is 0 Å². The Morgan fingerprint density at radius 3 is 1.43 bits per heavy atom. The summed E-state index contributed by atoms with van der Waals surface area (Å²) in [4.78, 5) is 0. The van der Waals surface area contributed by atoms with Crippen molar-refractivity contribution in [2.24, 2.45) is 11.8 Å². The van der Waals surface area contributed by atoms with Crippen LogP contribution in [0.1, 0.15) is 124 Å². The van der Waals surface area contributed by atoms with Gasteiger partial charge in [0.25, 0.3) is 0 Å².